The van der Waals surface area contributed by atoms with Crippen LogP contribution in [0.4, 0.5) is 11.4 Å². The monoisotopic (exact) mass is 462 g/mol. The topological polar surface area (TPSA) is 49.9 Å². The molecule has 0 radical (unpaired) electrons. The van der Waals surface area contributed by atoms with Crippen molar-refractivity contribution >= 4 is 39.1 Å². The first-order valence-corrected chi connectivity index (χ1v) is 10.5. The van der Waals surface area contributed by atoms with Crippen LogP contribution in [0, 0.1) is 12.8 Å². The highest BCUT2D eigenvalue weighted by Crippen LogP contribution is 2.47. The van der Waals surface area contributed by atoms with Crippen LogP contribution in [-0.4, -0.2) is 17.9 Å². The number of rotatable bonds is 3. The number of anilines is 2. The molecule has 3 atom stereocenters. The van der Waals surface area contributed by atoms with Gasteiger partial charge in [0, 0.05) is 4.47 Å². The van der Waals surface area contributed by atoms with Crippen LogP contribution < -0.4 is 9.96 Å². The van der Waals surface area contributed by atoms with Gasteiger partial charge in [0.15, 0.2) is 6.10 Å². The molecule has 0 spiro atoms. The summed E-state index contributed by atoms with van der Waals surface area (Å²) in [5.74, 6) is -1.19. The summed E-state index contributed by atoms with van der Waals surface area (Å²) in [5.41, 5.74) is 3.44. The number of carbonyl (C=O) groups excluding carboxylic acids is 2. The second-order valence-electron chi connectivity index (χ2n) is 7.56. The van der Waals surface area contributed by atoms with Crippen molar-refractivity contribution in [1.29, 1.82) is 0 Å². The van der Waals surface area contributed by atoms with Gasteiger partial charge in [-0.15, -0.1) is 0 Å². The standard InChI is InChI=1S/C24H19BrN2O3/c1-15-7-9-16(10-8-15)21-20-22(30-27(21)19-5-3-2-4-6-19)24(29)26(23(20)28)18-13-11-17(25)12-14-18/h2-14,20-22H,1H3/t20-,21-,22-/m0/s1. The summed E-state index contributed by atoms with van der Waals surface area (Å²) in [6, 6.07) is 24.4. The summed E-state index contributed by atoms with van der Waals surface area (Å²) in [6.07, 6.45) is -0.854. The van der Waals surface area contributed by atoms with Gasteiger partial charge < -0.3 is 0 Å². The van der Waals surface area contributed by atoms with E-state index >= 15 is 0 Å². The first kappa shape index (κ1) is 19.0. The summed E-state index contributed by atoms with van der Waals surface area (Å²) >= 11 is 3.39. The second-order valence-corrected chi connectivity index (χ2v) is 8.47. The molecule has 5 rings (SSSR count). The van der Waals surface area contributed by atoms with Gasteiger partial charge in [0.1, 0.15) is 5.92 Å². The molecule has 2 heterocycles. The molecule has 3 aromatic carbocycles. The van der Waals surface area contributed by atoms with E-state index in [9.17, 15) is 9.59 Å². The van der Waals surface area contributed by atoms with Crippen LogP contribution in [-0.2, 0) is 14.4 Å². The third kappa shape index (κ3) is 3.04. The summed E-state index contributed by atoms with van der Waals surface area (Å²) in [5, 5.41) is 1.72. The van der Waals surface area contributed by atoms with Crippen molar-refractivity contribution in [2.75, 3.05) is 9.96 Å². The quantitative estimate of drug-likeness (QED) is 0.524. The van der Waals surface area contributed by atoms with E-state index in [4.69, 9.17) is 4.84 Å². The lowest BCUT2D eigenvalue weighted by atomic mass is 9.90. The average molecular weight is 463 g/mol. The molecule has 0 unspecified atom stereocenters. The second kappa shape index (κ2) is 7.38. The molecule has 2 fully saturated rings. The van der Waals surface area contributed by atoms with Crippen molar-refractivity contribution in [3.8, 4) is 0 Å². The molecule has 5 nitrogen and oxygen atoms in total. The van der Waals surface area contributed by atoms with Crippen LogP contribution in [0.5, 0.6) is 0 Å². The molecular weight excluding hydrogens is 444 g/mol. The van der Waals surface area contributed by atoms with Crippen molar-refractivity contribution in [3.63, 3.8) is 0 Å². The Kier molecular flexibility index (Phi) is 4.68. The maximum atomic E-state index is 13.5. The predicted octanol–water partition coefficient (Wildman–Crippen LogP) is 4.81. The number of aryl methyl sites for hydroxylation is 1. The fourth-order valence-corrected chi connectivity index (χ4v) is 4.42. The fraction of sp³-hybridized carbons (Fsp3) is 0.167. The van der Waals surface area contributed by atoms with E-state index in [1.54, 1.807) is 17.2 Å². The summed E-state index contributed by atoms with van der Waals surface area (Å²) in [6.45, 7) is 2.02. The highest BCUT2D eigenvalue weighted by molar-refractivity contribution is 9.10. The Hall–Kier alpha value is -2.96. The fourth-order valence-electron chi connectivity index (χ4n) is 4.16. The average Bonchev–Trinajstić information content (AvgIpc) is 3.27. The Bertz CT molecular complexity index is 1100. The SMILES string of the molecule is Cc1ccc([C@H]2[C@@H]3C(=O)N(c4ccc(Br)cc4)C(=O)[C@H]3ON2c2ccccc2)cc1. The van der Waals surface area contributed by atoms with Gasteiger partial charge in [-0.2, -0.15) is 0 Å². The lowest BCUT2D eigenvalue weighted by molar-refractivity contribution is -0.126. The predicted molar refractivity (Wildman–Crippen MR) is 118 cm³/mol. The number of amides is 2. The van der Waals surface area contributed by atoms with Gasteiger partial charge in [-0.05, 0) is 48.9 Å². The molecule has 0 aliphatic carbocycles. The van der Waals surface area contributed by atoms with Gasteiger partial charge in [0.25, 0.3) is 5.91 Å². The van der Waals surface area contributed by atoms with E-state index in [0.717, 1.165) is 21.3 Å². The summed E-state index contributed by atoms with van der Waals surface area (Å²) in [7, 11) is 0. The van der Waals surface area contributed by atoms with Gasteiger partial charge >= 0.3 is 0 Å². The molecule has 2 aliphatic rings. The van der Waals surface area contributed by atoms with Crippen LogP contribution in [0.2, 0.25) is 0 Å². The van der Waals surface area contributed by atoms with E-state index in [-0.39, 0.29) is 11.8 Å². The molecule has 2 aliphatic heterocycles. The van der Waals surface area contributed by atoms with Crippen molar-refractivity contribution in [2.24, 2.45) is 5.92 Å². The van der Waals surface area contributed by atoms with E-state index in [1.165, 1.54) is 4.90 Å². The molecule has 30 heavy (non-hydrogen) atoms. The Labute approximate surface area is 183 Å². The Morgan fingerprint density at radius 1 is 0.800 bits per heavy atom. The molecule has 3 aromatic rings. The maximum absolute atomic E-state index is 13.5. The van der Waals surface area contributed by atoms with E-state index in [0.29, 0.717) is 5.69 Å². The number of imide groups is 1. The third-order valence-corrected chi connectivity index (χ3v) is 6.16. The molecule has 6 heteroatoms. The minimum absolute atomic E-state index is 0.240. The Morgan fingerprint density at radius 3 is 2.13 bits per heavy atom. The lowest BCUT2D eigenvalue weighted by Gasteiger charge is -2.28. The van der Waals surface area contributed by atoms with Gasteiger partial charge in [0.05, 0.1) is 17.4 Å². The van der Waals surface area contributed by atoms with Crippen molar-refractivity contribution < 1.29 is 14.4 Å². The van der Waals surface area contributed by atoms with E-state index in [2.05, 4.69) is 15.9 Å². The first-order chi connectivity index (χ1) is 14.5. The minimum atomic E-state index is -0.854. The van der Waals surface area contributed by atoms with E-state index in [1.807, 2.05) is 73.7 Å². The van der Waals surface area contributed by atoms with Crippen LogP contribution in [0.1, 0.15) is 17.2 Å². The van der Waals surface area contributed by atoms with Crippen LogP contribution in [0.3, 0.4) is 0 Å². The Balaban J connectivity index is 1.58. The molecule has 2 amide bonds. The van der Waals surface area contributed by atoms with Crippen LogP contribution in [0.25, 0.3) is 0 Å². The number of fused-ring (bicyclic) bond motifs is 1. The summed E-state index contributed by atoms with van der Waals surface area (Å²) < 4.78 is 0.884. The van der Waals surface area contributed by atoms with Gasteiger partial charge in [0.2, 0.25) is 5.91 Å². The third-order valence-electron chi connectivity index (χ3n) is 5.63. The summed E-state index contributed by atoms with van der Waals surface area (Å²) in [4.78, 5) is 34.1. The Morgan fingerprint density at radius 2 is 1.47 bits per heavy atom. The minimum Gasteiger partial charge on any atom is -0.273 e. The molecule has 0 aromatic heterocycles. The van der Waals surface area contributed by atoms with Gasteiger partial charge in [-0.3, -0.25) is 14.4 Å². The zero-order chi connectivity index (χ0) is 20.8. The smallest absolute Gasteiger partial charge is 0.266 e. The number of halogens is 1. The number of hydroxylamine groups is 1. The molecule has 0 saturated carbocycles. The number of para-hydroxylation sites is 1. The molecular formula is C24H19BrN2O3. The van der Waals surface area contributed by atoms with Gasteiger partial charge in [-0.1, -0.05) is 64.0 Å². The van der Waals surface area contributed by atoms with Gasteiger partial charge in [-0.25, -0.2) is 9.96 Å². The van der Waals surface area contributed by atoms with Crippen LogP contribution >= 0.6 is 15.9 Å². The number of nitrogens with zero attached hydrogens (tertiary/aromatic N) is 2. The number of hydrogen-bond donors (Lipinski definition) is 0. The molecule has 0 N–H and O–H groups in total. The maximum Gasteiger partial charge on any atom is 0.266 e. The zero-order valence-corrected chi connectivity index (χ0v) is 17.8. The first-order valence-electron chi connectivity index (χ1n) is 9.75. The molecule has 0 bridgehead atoms. The normalized spacial score (nSPS) is 23.2. The zero-order valence-electron chi connectivity index (χ0n) is 16.2. The number of hydrogen-bond acceptors (Lipinski definition) is 4. The highest BCUT2D eigenvalue weighted by Gasteiger charge is 2.60. The largest absolute Gasteiger partial charge is 0.273 e. The van der Waals surface area contributed by atoms with E-state index < -0.39 is 18.1 Å². The molecule has 150 valence electrons. The highest BCUT2D eigenvalue weighted by atomic mass is 79.9. The number of carbonyl (C=O) groups is 2. The van der Waals surface area contributed by atoms with Crippen LogP contribution in [0.15, 0.2) is 83.3 Å². The molecule has 2 saturated heterocycles. The number of benzene rings is 3. The van der Waals surface area contributed by atoms with Crippen molar-refractivity contribution in [3.05, 3.63) is 94.5 Å². The van der Waals surface area contributed by atoms with Crippen molar-refractivity contribution in [1.82, 2.24) is 0 Å². The van der Waals surface area contributed by atoms with Crippen molar-refractivity contribution in [2.45, 2.75) is 19.1 Å². The lowest BCUT2D eigenvalue weighted by Crippen LogP contribution is -2.37.